The molecule has 2 rings (SSSR count). The smallest absolute Gasteiger partial charge is 0.125 e. The Bertz CT molecular complexity index is 582. The molecule has 21 heavy (non-hydrogen) atoms. The fraction of sp³-hybridized carbons (Fsp3) is 0.375. The van der Waals surface area contributed by atoms with Gasteiger partial charge in [0.2, 0.25) is 0 Å². The highest BCUT2D eigenvalue weighted by Crippen LogP contribution is 2.38. The van der Waals surface area contributed by atoms with Crippen LogP contribution in [-0.4, -0.2) is 32.1 Å². The van der Waals surface area contributed by atoms with E-state index in [-0.39, 0.29) is 5.83 Å². The van der Waals surface area contributed by atoms with E-state index >= 15 is 0 Å². The van der Waals surface area contributed by atoms with Crippen LogP contribution >= 0.6 is 23.2 Å². The zero-order valence-electron chi connectivity index (χ0n) is 12.1. The van der Waals surface area contributed by atoms with Gasteiger partial charge in [-0.25, -0.2) is 4.39 Å². The van der Waals surface area contributed by atoms with E-state index in [9.17, 15) is 4.39 Å². The molecule has 1 aliphatic rings. The highest BCUT2D eigenvalue weighted by molar-refractivity contribution is 6.35. The van der Waals surface area contributed by atoms with Gasteiger partial charge in [0, 0.05) is 23.6 Å². The highest BCUT2D eigenvalue weighted by atomic mass is 35.5. The van der Waals surface area contributed by atoms with E-state index in [4.69, 9.17) is 27.9 Å². The summed E-state index contributed by atoms with van der Waals surface area (Å²) in [5.74, 6) is 0.367. The van der Waals surface area contributed by atoms with Gasteiger partial charge in [-0.15, -0.1) is 0 Å². The van der Waals surface area contributed by atoms with Crippen molar-refractivity contribution in [1.29, 1.82) is 0 Å². The molecule has 0 unspecified atom stereocenters. The summed E-state index contributed by atoms with van der Waals surface area (Å²) in [6, 6.07) is 5.05. The van der Waals surface area contributed by atoms with Crippen LogP contribution in [0.5, 0.6) is 0 Å². The number of likely N-dealkylation sites (N-methyl/N-ethyl adjacent to an activating group) is 1. The van der Waals surface area contributed by atoms with E-state index < -0.39 is 0 Å². The van der Waals surface area contributed by atoms with Gasteiger partial charge >= 0.3 is 0 Å². The zero-order chi connectivity index (χ0) is 15.4. The number of ether oxygens (including phenoxy) is 1. The molecular formula is C16H18Cl2FNO. The van der Waals surface area contributed by atoms with E-state index in [1.807, 2.05) is 25.1 Å². The first-order valence-electron chi connectivity index (χ1n) is 6.81. The Balaban J connectivity index is 2.26. The fourth-order valence-corrected chi connectivity index (χ4v) is 2.63. The first-order valence-corrected chi connectivity index (χ1v) is 7.56. The molecule has 0 saturated heterocycles. The Kier molecular flexibility index (Phi) is 5.68. The maximum Gasteiger partial charge on any atom is 0.125 e. The first kappa shape index (κ1) is 16.3. The number of benzene rings is 1. The summed E-state index contributed by atoms with van der Waals surface area (Å²) in [4.78, 5) is 2.01. The molecule has 0 fully saturated rings. The van der Waals surface area contributed by atoms with Crippen LogP contribution in [0.15, 0.2) is 35.9 Å². The summed E-state index contributed by atoms with van der Waals surface area (Å²) in [5, 5.41) is 0.955. The lowest BCUT2D eigenvalue weighted by molar-refractivity contribution is 0.193. The van der Waals surface area contributed by atoms with E-state index in [1.165, 1.54) is 0 Å². The Labute approximate surface area is 134 Å². The van der Waals surface area contributed by atoms with Crippen molar-refractivity contribution < 1.29 is 9.13 Å². The van der Waals surface area contributed by atoms with E-state index in [2.05, 4.69) is 0 Å². The molecule has 0 bridgehead atoms. The molecule has 2 nitrogen and oxygen atoms in total. The Hall–Kier alpha value is -1.03. The van der Waals surface area contributed by atoms with Crippen LogP contribution in [0, 0.1) is 0 Å². The molecule has 0 saturated carbocycles. The Morgan fingerprint density at radius 1 is 1.29 bits per heavy atom. The maximum atomic E-state index is 14.3. The molecule has 5 heteroatoms. The lowest BCUT2D eigenvalue weighted by Crippen LogP contribution is -2.18. The Morgan fingerprint density at radius 2 is 2.05 bits per heavy atom. The van der Waals surface area contributed by atoms with Crippen LogP contribution in [0.2, 0.25) is 10.0 Å². The van der Waals surface area contributed by atoms with Crippen molar-refractivity contribution in [1.82, 2.24) is 4.90 Å². The van der Waals surface area contributed by atoms with Crippen molar-refractivity contribution in [2.24, 2.45) is 0 Å². The third-order valence-corrected chi connectivity index (χ3v) is 3.76. The van der Waals surface area contributed by atoms with Crippen LogP contribution in [0.4, 0.5) is 4.39 Å². The average molecular weight is 330 g/mol. The molecular weight excluding hydrogens is 312 g/mol. The molecule has 0 amide bonds. The van der Waals surface area contributed by atoms with Gasteiger partial charge in [0.1, 0.15) is 18.2 Å². The van der Waals surface area contributed by atoms with Gasteiger partial charge in [0.15, 0.2) is 0 Å². The largest absolute Gasteiger partial charge is 0.492 e. The monoisotopic (exact) mass is 329 g/mol. The molecule has 0 aromatic heterocycles. The van der Waals surface area contributed by atoms with E-state index in [1.54, 1.807) is 18.2 Å². The summed E-state index contributed by atoms with van der Waals surface area (Å²) >= 11 is 12.1. The molecule has 0 spiro atoms. The SMILES string of the molecule is CN(C)CCOC1=CCCC(F)=C1c1ccc(Cl)cc1Cl. The summed E-state index contributed by atoms with van der Waals surface area (Å²) < 4.78 is 20.1. The summed E-state index contributed by atoms with van der Waals surface area (Å²) in [7, 11) is 3.93. The summed E-state index contributed by atoms with van der Waals surface area (Å²) in [5.41, 5.74) is 1.07. The second-order valence-electron chi connectivity index (χ2n) is 5.16. The summed E-state index contributed by atoms with van der Waals surface area (Å²) in [6.45, 7) is 1.27. The van der Waals surface area contributed by atoms with Gasteiger partial charge in [-0.3, -0.25) is 0 Å². The first-order chi connectivity index (χ1) is 9.99. The van der Waals surface area contributed by atoms with Crippen molar-refractivity contribution in [2.45, 2.75) is 12.8 Å². The molecule has 0 radical (unpaired) electrons. The molecule has 1 aromatic rings. The van der Waals surface area contributed by atoms with Gasteiger partial charge in [0.05, 0.1) is 10.6 Å². The van der Waals surface area contributed by atoms with Gasteiger partial charge in [0.25, 0.3) is 0 Å². The molecule has 1 aliphatic carbocycles. The van der Waals surface area contributed by atoms with Gasteiger partial charge in [-0.05, 0) is 38.7 Å². The minimum atomic E-state index is -0.193. The number of allylic oxidation sites excluding steroid dienone is 3. The normalized spacial score (nSPS) is 15.4. The molecule has 0 aliphatic heterocycles. The lowest BCUT2D eigenvalue weighted by Gasteiger charge is -2.21. The van der Waals surface area contributed by atoms with E-state index in [0.29, 0.717) is 46.4 Å². The third kappa shape index (κ3) is 4.22. The van der Waals surface area contributed by atoms with Gasteiger partial charge in [-0.2, -0.15) is 0 Å². The molecule has 1 aromatic carbocycles. The minimum Gasteiger partial charge on any atom is -0.492 e. The lowest BCUT2D eigenvalue weighted by atomic mass is 9.96. The van der Waals surface area contributed by atoms with Crippen molar-refractivity contribution in [2.75, 3.05) is 27.2 Å². The van der Waals surface area contributed by atoms with Gasteiger partial charge in [-0.1, -0.05) is 29.3 Å². The number of hydrogen-bond acceptors (Lipinski definition) is 2. The average Bonchev–Trinajstić information content (AvgIpc) is 2.40. The summed E-state index contributed by atoms with van der Waals surface area (Å²) in [6.07, 6.45) is 2.92. The molecule has 0 heterocycles. The molecule has 114 valence electrons. The Morgan fingerprint density at radius 3 is 2.71 bits per heavy atom. The predicted octanol–water partition coefficient (Wildman–Crippen LogP) is 4.93. The quantitative estimate of drug-likeness (QED) is 0.759. The van der Waals surface area contributed by atoms with Crippen LogP contribution in [0.25, 0.3) is 5.57 Å². The fourth-order valence-electron chi connectivity index (χ4n) is 2.13. The van der Waals surface area contributed by atoms with E-state index in [0.717, 1.165) is 6.54 Å². The van der Waals surface area contributed by atoms with Crippen LogP contribution in [-0.2, 0) is 4.74 Å². The molecule has 0 N–H and O–H groups in total. The topological polar surface area (TPSA) is 12.5 Å². The number of nitrogens with zero attached hydrogens (tertiary/aromatic N) is 1. The second-order valence-corrected chi connectivity index (χ2v) is 6.01. The van der Waals surface area contributed by atoms with Crippen molar-refractivity contribution >= 4 is 28.8 Å². The van der Waals surface area contributed by atoms with Crippen LogP contribution < -0.4 is 0 Å². The minimum absolute atomic E-state index is 0.193. The third-order valence-electron chi connectivity index (χ3n) is 3.21. The van der Waals surface area contributed by atoms with Crippen LogP contribution in [0.3, 0.4) is 0 Å². The van der Waals surface area contributed by atoms with Crippen molar-refractivity contribution in [3.63, 3.8) is 0 Å². The number of rotatable bonds is 5. The maximum absolute atomic E-state index is 14.3. The number of hydrogen-bond donors (Lipinski definition) is 0. The second kappa shape index (κ2) is 7.30. The highest BCUT2D eigenvalue weighted by Gasteiger charge is 2.21. The van der Waals surface area contributed by atoms with Crippen molar-refractivity contribution in [3.05, 3.63) is 51.5 Å². The van der Waals surface area contributed by atoms with Crippen LogP contribution in [0.1, 0.15) is 18.4 Å². The van der Waals surface area contributed by atoms with Crippen molar-refractivity contribution in [3.8, 4) is 0 Å². The van der Waals surface area contributed by atoms with Gasteiger partial charge < -0.3 is 9.64 Å². The molecule has 0 atom stereocenters. The zero-order valence-corrected chi connectivity index (χ0v) is 13.6. The predicted molar refractivity (Wildman–Crippen MR) is 86.3 cm³/mol. The number of halogens is 3. The standard InChI is InChI=1S/C16H18Cl2FNO/c1-20(2)8-9-21-15-5-3-4-14(19)16(15)12-7-6-11(17)10-13(12)18/h5-7,10H,3-4,8-9H2,1-2H3.